The Labute approximate surface area is 158 Å². The molecular weight excluding hydrogens is 390 g/mol. The molecule has 1 amide bonds. The number of alkyl halides is 6. The van der Waals surface area contributed by atoms with Gasteiger partial charge in [0.05, 0.1) is 24.3 Å². The van der Waals surface area contributed by atoms with E-state index in [2.05, 4.69) is 10.2 Å². The molecule has 0 saturated carbocycles. The number of halogens is 6. The van der Waals surface area contributed by atoms with Crippen molar-refractivity contribution in [3.8, 4) is 0 Å². The highest BCUT2D eigenvalue weighted by Crippen LogP contribution is 2.36. The van der Waals surface area contributed by atoms with E-state index in [1.54, 1.807) is 0 Å². The summed E-state index contributed by atoms with van der Waals surface area (Å²) in [6.45, 7) is 6.30. The summed E-state index contributed by atoms with van der Waals surface area (Å²) < 4.78 is 82.9. The number of amides is 1. The number of carbonyl (C=O) groups is 1. The molecule has 0 aromatic heterocycles. The molecule has 1 fully saturated rings. The summed E-state index contributed by atoms with van der Waals surface area (Å²) in [6, 6.07) is 0.759. The Balaban J connectivity index is 2.20. The fourth-order valence-electron chi connectivity index (χ4n) is 3.08. The number of nitrogens with zero attached hydrogens (tertiary/aromatic N) is 1. The average Bonchev–Trinajstić information content (AvgIpc) is 2.60. The molecule has 10 heteroatoms. The van der Waals surface area contributed by atoms with Gasteiger partial charge in [-0.25, -0.2) is 0 Å². The highest BCUT2D eigenvalue weighted by molar-refractivity contribution is 5.94. The van der Waals surface area contributed by atoms with Gasteiger partial charge in [-0.1, -0.05) is 13.8 Å². The Bertz CT molecular complexity index is 649. The predicted molar refractivity (Wildman–Crippen MR) is 89.8 cm³/mol. The summed E-state index contributed by atoms with van der Waals surface area (Å²) in [6.07, 6.45) is -9.99. The summed E-state index contributed by atoms with van der Waals surface area (Å²) >= 11 is 0. The first-order valence-corrected chi connectivity index (χ1v) is 8.79. The molecule has 1 aliphatic rings. The number of ether oxygens (including phenoxy) is 1. The molecule has 1 unspecified atom stereocenters. The minimum Gasteiger partial charge on any atom is -0.379 e. The molecular formula is C18H22F6N2O2. The van der Waals surface area contributed by atoms with Gasteiger partial charge in [0.25, 0.3) is 5.91 Å². The summed E-state index contributed by atoms with van der Waals surface area (Å²) in [7, 11) is 0. The quantitative estimate of drug-likeness (QED) is 0.748. The molecule has 1 atom stereocenters. The number of rotatable bonds is 5. The Morgan fingerprint density at radius 2 is 1.54 bits per heavy atom. The van der Waals surface area contributed by atoms with Crippen LogP contribution in [0.4, 0.5) is 26.3 Å². The van der Waals surface area contributed by atoms with Gasteiger partial charge in [-0.15, -0.1) is 0 Å². The lowest BCUT2D eigenvalue weighted by Gasteiger charge is -2.36. The van der Waals surface area contributed by atoms with Crippen molar-refractivity contribution in [2.45, 2.75) is 32.2 Å². The van der Waals surface area contributed by atoms with E-state index in [4.69, 9.17) is 4.74 Å². The van der Waals surface area contributed by atoms with E-state index < -0.39 is 35.0 Å². The van der Waals surface area contributed by atoms with Gasteiger partial charge in [-0.05, 0) is 24.1 Å². The van der Waals surface area contributed by atoms with Gasteiger partial charge in [0.15, 0.2) is 0 Å². The molecule has 0 spiro atoms. The van der Waals surface area contributed by atoms with Gasteiger partial charge in [-0.3, -0.25) is 9.69 Å². The third-order valence-electron chi connectivity index (χ3n) is 4.61. The lowest BCUT2D eigenvalue weighted by Crippen LogP contribution is -2.51. The van der Waals surface area contributed by atoms with Crippen LogP contribution in [0.2, 0.25) is 0 Å². The van der Waals surface area contributed by atoms with E-state index in [1.165, 1.54) is 0 Å². The SMILES string of the molecule is CC(C)C(CNC(=O)c1cc(C(F)(F)F)cc(C(F)(F)F)c1)N1CCOCC1. The van der Waals surface area contributed by atoms with Crippen LogP contribution in [-0.4, -0.2) is 49.7 Å². The second kappa shape index (κ2) is 8.69. The molecule has 1 aromatic carbocycles. The number of morpholine rings is 1. The maximum atomic E-state index is 12.9. The Morgan fingerprint density at radius 1 is 1.04 bits per heavy atom. The fraction of sp³-hybridized carbons (Fsp3) is 0.611. The highest BCUT2D eigenvalue weighted by atomic mass is 19.4. The molecule has 1 aromatic rings. The molecule has 28 heavy (non-hydrogen) atoms. The average molecular weight is 412 g/mol. The van der Waals surface area contributed by atoms with Gasteiger partial charge >= 0.3 is 12.4 Å². The standard InChI is InChI=1S/C18H22F6N2O2/c1-11(2)15(26-3-5-28-6-4-26)10-25-16(27)12-7-13(17(19,20)21)9-14(8-12)18(22,23)24/h7-9,11,15H,3-6,10H2,1-2H3,(H,25,27). The van der Waals surface area contributed by atoms with Gasteiger partial charge in [0.1, 0.15) is 0 Å². The Kier molecular flexibility index (Phi) is 6.97. The first kappa shape index (κ1) is 22.5. The van der Waals surface area contributed by atoms with E-state index in [1.807, 2.05) is 13.8 Å². The van der Waals surface area contributed by atoms with Crippen LogP contribution in [0.1, 0.15) is 35.3 Å². The highest BCUT2D eigenvalue weighted by Gasteiger charge is 2.37. The van der Waals surface area contributed by atoms with Crippen LogP contribution in [-0.2, 0) is 17.1 Å². The lowest BCUT2D eigenvalue weighted by atomic mass is 10.0. The van der Waals surface area contributed by atoms with Gasteiger partial charge in [0, 0.05) is 31.2 Å². The topological polar surface area (TPSA) is 41.6 Å². The van der Waals surface area contributed by atoms with E-state index in [0.717, 1.165) is 0 Å². The number of hydrogen-bond donors (Lipinski definition) is 1. The first-order valence-electron chi connectivity index (χ1n) is 8.79. The predicted octanol–water partition coefficient (Wildman–Crippen LogP) is 3.81. The maximum Gasteiger partial charge on any atom is 0.416 e. The summed E-state index contributed by atoms with van der Waals surface area (Å²) in [4.78, 5) is 14.4. The zero-order valence-electron chi connectivity index (χ0n) is 15.5. The maximum absolute atomic E-state index is 12.9. The van der Waals surface area contributed by atoms with Crippen molar-refractivity contribution in [3.05, 3.63) is 34.9 Å². The van der Waals surface area contributed by atoms with E-state index >= 15 is 0 Å². The summed E-state index contributed by atoms with van der Waals surface area (Å²) in [5.74, 6) is -0.860. The lowest BCUT2D eigenvalue weighted by molar-refractivity contribution is -0.143. The summed E-state index contributed by atoms with van der Waals surface area (Å²) in [5, 5.41) is 2.48. The zero-order valence-corrected chi connectivity index (χ0v) is 15.5. The molecule has 0 bridgehead atoms. The molecule has 4 nitrogen and oxygen atoms in total. The van der Waals surface area contributed by atoms with Crippen LogP contribution in [0.5, 0.6) is 0 Å². The number of nitrogens with one attached hydrogen (secondary N) is 1. The van der Waals surface area contributed by atoms with Crippen LogP contribution in [0.15, 0.2) is 18.2 Å². The number of carbonyl (C=O) groups excluding carboxylic acids is 1. The second-order valence-corrected chi connectivity index (χ2v) is 6.96. The minimum atomic E-state index is -5.00. The van der Waals surface area contributed by atoms with Crippen molar-refractivity contribution in [1.29, 1.82) is 0 Å². The second-order valence-electron chi connectivity index (χ2n) is 6.96. The molecule has 1 heterocycles. The molecule has 1 N–H and O–H groups in total. The van der Waals surface area contributed by atoms with Crippen molar-refractivity contribution >= 4 is 5.91 Å². The monoisotopic (exact) mass is 412 g/mol. The van der Waals surface area contributed by atoms with Crippen LogP contribution in [0, 0.1) is 5.92 Å². The van der Waals surface area contributed by atoms with Crippen LogP contribution < -0.4 is 5.32 Å². The van der Waals surface area contributed by atoms with Crippen molar-refractivity contribution in [2.75, 3.05) is 32.8 Å². The van der Waals surface area contributed by atoms with Gasteiger partial charge in [0.2, 0.25) is 0 Å². The van der Waals surface area contributed by atoms with Crippen molar-refractivity contribution in [2.24, 2.45) is 5.92 Å². The third kappa shape index (κ3) is 5.84. The number of benzene rings is 1. The van der Waals surface area contributed by atoms with Crippen LogP contribution in [0.25, 0.3) is 0 Å². The van der Waals surface area contributed by atoms with Crippen molar-refractivity contribution in [1.82, 2.24) is 10.2 Å². The molecule has 2 rings (SSSR count). The van der Waals surface area contributed by atoms with E-state index in [-0.39, 0.29) is 24.6 Å². The molecule has 1 saturated heterocycles. The molecule has 0 radical (unpaired) electrons. The molecule has 1 aliphatic heterocycles. The zero-order chi connectivity index (χ0) is 21.1. The summed E-state index contributed by atoms with van der Waals surface area (Å²) in [5.41, 5.74) is -3.70. The van der Waals surface area contributed by atoms with Crippen molar-refractivity contribution < 1.29 is 35.9 Å². The fourth-order valence-corrected chi connectivity index (χ4v) is 3.08. The molecule has 0 aliphatic carbocycles. The van der Waals surface area contributed by atoms with Gasteiger partial charge < -0.3 is 10.1 Å². The van der Waals surface area contributed by atoms with Crippen LogP contribution in [0.3, 0.4) is 0 Å². The van der Waals surface area contributed by atoms with Gasteiger partial charge in [-0.2, -0.15) is 26.3 Å². The minimum absolute atomic E-state index is 0.00142. The molecule has 158 valence electrons. The third-order valence-corrected chi connectivity index (χ3v) is 4.61. The Morgan fingerprint density at radius 3 is 1.96 bits per heavy atom. The first-order chi connectivity index (χ1) is 12.9. The normalized spacial score (nSPS) is 17.6. The Hall–Kier alpha value is -1.81. The van der Waals surface area contributed by atoms with E-state index in [0.29, 0.717) is 38.4 Å². The van der Waals surface area contributed by atoms with Crippen molar-refractivity contribution in [3.63, 3.8) is 0 Å². The largest absolute Gasteiger partial charge is 0.416 e. The number of hydrogen-bond acceptors (Lipinski definition) is 3. The van der Waals surface area contributed by atoms with Crippen LogP contribution >= 0.6 is 0 Å². The smallest absolute Gasteiger partial charge is 0.379 e. The van der Waals surface area contributed by atoms with E-state index in [9.17, 15) is 31.1 Å².